The summed E-state index contributed by atoms with van der Waals surface area (Å²) in [7, 11) is 1.60. The summed E-state index contributed by atoms with van der Waals surface area (Å²) in [6.45, 7) is 3.94. The number of carbonyl (C=O) groups is 1. The number of carbonyl (C=O) groups excluding carboxylic acids is 1. The molecule has 8 heteroatoms. The van der Waals surface area contributed by atoms with Crippen LogP contribution in [0.5, 0.6) is 5.75 Å². The van der Waals surface area contributed by atoms with Gasteiger partial charge in [0, 0.05) is 11.3 Å². The van der Waals surface area contributed by atoms with Crippen molar-refractivity contribution in [2.45, 2.75) is 26.3 Å². The molecule has 0 radical (unpaired) electrons. The minimum atomic E-state index is -0.531. The molecular weight excluding hydrogens is 459 g/mol. The molecule has 182 valence electrons. The van der Waals surface area contributed by atoms with E-state index in [1.165, 1.54) is 17.7 Å². The van der Waals surface area contributed by atoms with Crippen LogP contribution in [0.2, 0.25) is 0 Å². The van der Waals surface area contributed by atoms with Crippen molar-refractivity contribution in [1.29, 1.82) is 0 Å². The van der Waals surface area contributed by atoms with Crippen LogP contribution in [0.15, 0.2) is 83.0 Å². The summed E-state index contributed by atoms with van der Waals surface area (Å²) >= 11 is 0. The molecule has 0 spiro atoms. The van der Waals surface area contributed by atoms with E-state index < -0.39 is 6.04 Å². The average Bonchev–Trinajstić information content (AvgIpc) is 3.39. The number of ether oxygens (including phenoxy) is 1. The molecule has 5 rings (SSSR count). The van der Waals surface area contributed by atoms with Gasteiger partial charge in [-0.25, -0.2) is 9.18 Å². The van der Waals surface area contributed by atoms with Gasteiger partial charge in [0.2, 0.25) is 5.82 Å². The van der Waals surface area contributed by atoms with E-state index in [-0.39, 0.29) is 17.7 Å². The van der Waals surface area contributed by atoms with E-state index in [9.17, 15) is 9.18 Å². The van der Waals surface area contributed by atoms with Gasteiger partial charge in [0.1, 0.15) is 11.6 Å². The number of hydrogen-bond acceptors (Lipinski definition) is 5. The zero-order valence-corrected chi connectivity index (χ0v) is 20.2. The van der Waals surface area contributed by atoms with Crippen molar-refractivity contribution in [1.82, 2.24) is 15.5 Å². The maximum absolute atomic E-state index is 13.4. The number of anilines is 1. The standard InChI is InChI=1S/C28H25FN4O3/c1-4-18-5-13-22(14-6-18)33-17(2)24(25(30-28(33)34)19-9-15-23(35-3)16-10-19)27-31-26(32-36-27)20-7-11-21(29)12-8-20/h5-16,25H,4H2,1-3H3,(H,30,34). The first-order valence-electron chi connectivity index (χ1n) is 11.6. The third-order valence-corrected chi connectivity index (χ3v) is 6.30. The number of methoxy groups -OCH3 is 1. The van der Waals surface area contributed by atoms with E-state index >= 15 is 0 Å². The van der Waals surface area contributed by atoms with E-state index in [0.717, 1.165) is 17.7 Å². The van der Waals surface area contributed by atoms with Gasteiger partial charge in [-0.15, -0.1) is 0 Å². The van der Waals surface area contributed by atoms with Crippen molar-refractivity contribution in [3.8, 4) is 17.1 Å². The van der Waals surface area contributed by atoms with Crippen molar-refractivity contribution in [2.24, 2.45) is 0 Å². The largest absolute Gasteiger partial charge is 0.497 e. The van der Waals surface area contributed by atoms with Crippen LogP contribution >= 0.6 is 0 Å². The SMILES string of the molecule is CCc1ccc(N2C(=O)NC(c3ccc(OC)cc3)C(c3nc(-c4ccc(F)cc4)no3)=C2C)cc1. The van der Waals surface area contributed by atoms with Gasteiger partial charge in [-0.05, 0) is 73.0 Å². The number of hydrogen-bond donors (Lipinski definition) is 1. The number of nitrogens with zero attached hydrogens (tertiary/aromatic N) is 3. The van der Waals surface area contributed by atoms with Gasteiger partial charge in [0.05, 0.1) is 24.4 Å². The fraction of sp³-hybridized carbons (Fsp3) is 0.179. The molecular formula is C28H25FN4O3. The monoisotopic (exact) mass is 484 g/mol. The zero-order valence-electron chi connectivity index (χ0n) is 20.2. The first kappa shape index (κ1) is 23.3. The summed E-state index contributed by atoms with van der Waals surface area (Å²) in [6.07, 6.45) is 0.903. The van der Waals surface area contributed by atoms with Crippen molar-refractivity contribution < 1.29 is 18.4 Å². The lowest BCUT2D eigenvalue weighted by Gasteiger charge is -2.35. The maximum Gasteiger partial charge on any atom is 0.326 e. The fourth-order valence-corrected chi connectivity index (χ4v) is 4.31. The summed E-state index contributed by atoms with van der Waals surface area (Å²) in [6, 6.07) is 20.4. The van der Waals surface area contributed by atoms with Crippen LogP contribution in [0.25, 0.3) is 17.0 Å². The van der Waals surface area contributed by atoms with Crippen LogP contribution in [-0.4, -0.2) is 23.3 Å². The summed E-state index contributed by atoms with van der Waals surface area (Å²) in [5, 5.41) is 7.22. The Hall–Kier alpha value is -4.46. The van der Waals surface area contributed by atoms with E-state index in [0.29, 0.717) is 28.4 Å². The quantitative estimate of drug-likeness (QED) is 0.355. The van der Waals surface area contributed by atoms with Gasteiger partial charge in [-0.2, -0.15) is 4.98 Å². The van der Waals surface area contributed by atoms with E-state index in [4.69, 9.17) is 9.26 Å². The van der Waals surface area contributed by atoms with Crippen LogP contribution in [-0.2, 0) is 6.42 Å². The van der Waals surface area contributed by atoms with Gasteiger partial charge in [-0.3, -0.25) is 4.90 Å². The molecule has 1 aromatic heterocycles. The maximum atomic E-state index is 13.4. The molecule has 0 bridgehead atoms. The van der Waals surface area contributed by atoms with Gasteiger partial charge < -0.3 is 14.6 Å². The number of urea groups is 1. The van der Waals surface area contributed by atoms with E-state index in [1.54, 1.807) is 24.1 Å². The summed E-state index contributed by atoms with van der Waals surface area (Å²) in [5.74, 6) is 0.954. The number of allylic oxidation sites excluding steroid dienone is 1. The Morgan fingerprint density at radius 1 is 1.03 bits per heavy atom. The molecule has 1 unspecified atom stereocenters. The van der Waals surface area contributed by atoms with Crippen LogP contribution < -0.4 is 15.0 Å². The van der Waals surface area contributed by atoms with Crippen LogP contribution in [0.4, 0.5) is 14.9 Å². The number of aryl methyl sites for hydroxylation is 1. The molecule has 1 N–H and O–H groups in total. The highest BCUT2D eigenvalue weighted by Gasteiger charge is 2.36. The van der Waals surface area contributed by atoms with Crippen LogP contribution in [0, 0.1) is 5.82 Å². The topological polar surface area (TPSA) is 80.5 Å². The van der Waals surface area contributed by atoms with Gasteiger partial charge in [0.25, 0.3) is 5.89 Å². The molecule has 1 aliphatic rings. The van der Waals surface area contributed by atoms with E-state index in [2.05, 4.69) is 22.4 Å². The Bertz CT molecular complexity index is 1410. The molecule has 0 aliphatic carbocycles. The molecule has 1 atom stereocenters. The Labute approximate surface area is 208 Å². The first-order valence-corrected chi connectivity index (χ1v) is 11.6. The lowest BCUT2D eigenvalue weighted by Crippen LogP contribution is -2.46. The van der Waals surface area contributed by atoms with Gasteiger partial charge in [0.15, 0.2) is 0 Å². The lowest BCUT2D eigenvalue weighted by molar-refractivity contribution is 0.244. The number of rotatable bonds is 6. The molecule has 7 nitrogen and oxygen atoms in total. The smallest absolute Gasteiger partial charge is 0.326 e. The van der Waals surface area contributed by atoms with Crippen molar-refractivity contribution in [3.05, 3.63) is 101 Å². The molecule has 36 heavy (non-hydrogen) atoms. The Morgan fingerprint density at radius 2 is 1.72 bits per heavy atom. The van der Waals surface area contributed by atoms with Gasteiger partial charge >= 0.3 is 6.03 Å². The lowest BCUT2D eigenvalue weighted by atomic mass is 9.94. The third-order valence-electron chi connectivity index (χ3n) is 6.30. The second kappa shape index (κ2) is 9.65. The molecule has 2 heterocycles. The summed E-state index contributed by atoms with van der Waals surface area (Å²) < 4.78 is 24.4. The number of nitrogens with one attached hydrogen (secondary N) is 1. The van der Waals surface area contributed by atoms with Crippen molar-refractivity contribution in [3.63, 3.8) is 0 Å². The number of aromatic nitrogens is 2. The first-order chi connectivity index (χ1) is 17.5. The highest BCUT2D eigenvalue weighted by atomic mass is 19.1. The number of halogens is 1. The second-order valence-electron chi connectivity index (χ2n) is 8.44. The molecule has 0 fully saturated rings. The van der Waals surface area contributed by atoms with Gasteiger partial charge in [-0.1, -0.05) is 36.3 Å². The Kier molecular flexibility index (Phi) is 6.25. The van der Waals surface area contributed by atoms with Crippen LogP contribution in [0.1, 0.15) is 36.9 Å². The zero-order chi connectivity index (χ0) is 25.2. The minimum absolute atomic E-state index is 0.264. The normalized spacial score (nSPS) is 15.7. The minimum Gasteiger partial charge on any atom is -0.497 e. The number of benzene rings is 3. The summed E-state index contributed by atoms with van der Waals surface area (Å²) in [4.78, 5) is 19.6. The number of amides is 2. The predicted octanol–water partition coefficient (Wildman–Crippen LogP) is 6.15. The molecule has 4 aromatic rings. The Balaban J connectivity index is 1.62. The van der Waals surface area contributed by atoms with Crippen LogP contribution in [0.3, 0.4) is 0 Å². The highest BCUT2D eigenvalue weighted by molar-refractivity contribution is 6.01. The molecule has 1 aliphatic heterocycles. The van der Waals surface area contributed by atoms with Crippen molar-refractivity contribution >= 4 is 17.3 Å². The fourth-order valence-electron chi connectivity index (χ4n) is 4.31. The molecule has 0 saturated carbocycles. The average molecular weight is 485 g/mol. The predicted molar refractivity (Wildman–Crippen MR) is 135 cm³/mol. The molecule has 2 amide bonds. The van der Waals surface area contributed by atoms with Crippen molar-refractivity contribution in [2.75, 3.05) is 12.0 Å². The van der Waals surface area contributed by atoms with E-state index in [1.807, 2.05) is 55.5 Å². The third kappa shape index (κ3) is 4.33. The highest BCUT2D eigenvalue weighted by Crippen LogP contribution is 2.39. The Morgan fingerprint density at radius 3 is 2.36 bits per heavy atom. The second-order valence-corrected chi connectivity index (χ2v) is 8.44. The molecule has 0 saturated heterocycles. The molecule has 3 aromatic carbocycles. The summed E-state index contributed by atoms with van der Waals surface area (Å²) in [5.41, 5.74) is 4.69.